The number of amides is 1. The number of methoxy groups -OCH3 is 1. The molecule has 1 aliphatic rings. The maximum Gasteiger partial charge on any atom is 0.220 e. The molecular weight excluding hydrogens is 254 g/mol. The molecule has 4 nitrogen and oxygen atoms in total. The molecule has 1 aromatic carbocycles. The maximum atomic E-state index is 11.8. The largest absolute Gasteiger partial charge is 0.497 e. The second-order valence-corrected chi connectivity index (χ2v) is 5.24. The number of hydrogen-bond donors (Lipinski definition) is 1. The van der Waals surface area contributed by atoms with Gasteiger partial charge in [-0.15, -0.1) is 0 Å². The number of hydrogen-bond acceptors (Lipinski definition) is 3. The van der Waals surface area contributed by atoms with E-state index >= 15 is 0 Å². The lowest BCUT2D eigenvalue weighted by Crippen LogP contribution is -2.33. The summed E-state index contributed by atoms with van der Waals surface area (Å²) < 4.78 is 10.5. The monoisotopic (exact) mass is 277 g/mol. The molecule has 0 aliphatic carbocycles. The first-order chi connectivity index (χ1) is 9.78. The van der Waals surface area contributed by atoms with E-state index in [0.29, 0.717) is 12.3 Å². The van der Waals surface area contributed by atoms with E-state index < -0.39 is 0 Å². The highest BCUT2D eigenvalue weighted by Gasteiger charge is 2.14. The number of carbonyl (C=O) groups is 1. The van der Waals surface area contributed by atoms with Crippen LogP contribution in [0.4, 0.5) is 0 Å². The van der Waals surface area contributed by atoms with Gasteiger partial charge in [-0.05, 0) is 42.9 Å². The second kappa shape index (κ2) is 7.90. The highest BCUT2D eigenvalue weighted by atomic mass is 16.5. The van der Waals surface area contributed by atoms with E-state index in [2.05, 4.69) is 5.32 Å². The van der Waals surface area contributed by atoms with Crippen molar-refractivity contribution in [3.05, 3.63) is 29.8 Å². The molecule has 0 bridgehead atoms. The predicted molar refractivity (Wildman–Crippen MR) is 77.9 cm³/mol. The molecule has 0 spiro atoms. The third-order valence-electron chi connectivity index (χ3n) is 3.64. The maximum absolute atomic E-state index is 11.8. The van der Waals surface area contributed by atoms with Crippen LogP contribution in [0.15, 0.2) is 24.3 Å². The summed E-state index contributed by atoms with van der Waals surface area (Å²) in [7, 11) is 1.65. The molecule has 1 aromatic rings. The average molecular weight is 277 g/mol. The highest BCUT2D eigenvalue weighted by molar-refractivity contribution is 5.76. The lowest BCUT2D eigenvalue weighted by molar-refractivity contribution is -0.121. The lowest BCUT2D eigenvalue weighted by Gasteiger charge is -2.22. The first kappa shape index (κ1) is 14.9. The Hall–Kier alpha value is -1.55. The van der Waals surface area contributed by atoms with Crippen molar-refractivity contribution in [2.75, 3.05) is 26.9 Å². The van der Waals surface area contributed by atoms with Gasteiger partial charge in [0.1, 0.15) is 5.75 Å². The Morgan fingerprint density at radius 1 is 1.40 bits per heavy atom. The third kappa shape index (κ3) is 4.85. The normalized spacial score (nSPS) is 18.6. The van der Waals surface area contributed by atoms with Crippen LogP contribution >= 0.6 is 0 Å². The Balaban J connectivity index is 1.66. The molecule has 1 saturated heterocycles. The van der Waals surface area contributed by atoms with Crippen LogP contribution in [0.5, 0.6) is 5.75 Å². The van der Waals surface area contributed by atoms with Crippen LogP contribution in [0, 0.1) is 5.92 Å². The molecule has 20 heavy (non-hydrogen) atoms. The van der Waals surface area contributed by atoms with Gasteiger partial charge in [-0.3, -0.25) is 4.79 Å². The summed E-state index contributed by atoms with van der Waals surface area (Å²) in [6.45, 7) is 2.38. The van der Waals surface area contributed by atoms with Crippen LogP contribution in [-0.2, 0) is 16.0 Å². The van der Waals surface area contributed by atoms with Gasteiger partial charge in [0.15, 0.2) is 0 Å². The SMILES string of the molecule is COc1ccc(CCC(=O)NC[C@@H]2CCCOC2)cc1. The van der Waals surface area contributed by atoms with E-state index in [1.165, 1.54) is 0 Å². The molecule has 0 unspecified atom stereocenters. The first-order valence-corrected chi connectivity index (χ1v) is 7.25. The minimum Gasteiger partial charge on any atom is -0.497 e. The van der Waals surface area contributed by atoms with Crippen molar-refractivity contribution in [2.45, 2.75) is 25.7 Å². The van der Waals surface area contributed by atoms with E-state index in [9.17, 15) is 4.79 Å². The molecule has 0 radical (unpaired) electrons. The standard InChI is InChI=1S/C16H23NO3/c1-19-15-7-4-13(5-8-15)6-9-16(18)17-11-14-3-2-10-20-12-14/h4-5,7-8,14H,2-3,6,9-12H2,1H3,(H,17,18)/t14-/m0/s1. The Morgan fingerprint density at radius 3 is 2.85 bits per heavy atom. The average Bonchev–Trinajstić information content (AvgIpc) is 2.52. The summed E-state index contributed by atoms with van der Waals surface area (Å²) in [5.41, 5.74) is 1.15. The zero-order valence-electron chi connectivity index (χ0n) is 12.1. The van der Waals surface area contributed by atoms with Gasteiger partial charge in [-0.1, -0.05) is 12.1 Å². The van der Waals surface area contributed by atoms with Gasteiger partial charge < -0.3 is 14.8 Å². The van der Waals surface area contributed by atoms with Crippen molar-refractivity contribution in [1.29, 1.82) is 0 Å². The quantitative estimate of drug-likeness (QED) is 0.867. The van der Waals surface area contributed by atoms with Crippen molar-refractivity contribution < 1.29 is 14.3 Å². The highest BCUT2D eigenvalue weighted by Crippen LogP contribution is 2.13. The summed E-state index contributed by atoms with van der Waals surface area (Å²) in [4.78, 5) is 11.8. The summed E-state index contributed by atoms with van der Waals surface area (Å²) in [6, 6.07) is 7.85. The van der Waals surface area contributed by atoms with Crippen LogP contribution in [0.3, 0.4) is 0 Å². The predicted octanol–water partition coefficient (Wildman–Crippen LogP) is 2.17. The van der Waals surface area contributed by atoms with Crippen molar-refractivity contribution in [1.82, 2.24) is 5.32 Å². The van der Waals surface area contributed by atoms with Gasteiger partial charge in [0.05, 0.1) is 13.7 Å². The molecule has 1 amide bonds. The molecule has 0 aromatic heterocycles. The molecule has 0 saturated carbocycles. The van der Waals surface area contributed by atoms with E-state index in [1.54, 1.807) is 7.11 Å². The minimum atomic E-state index is 0.117. The first-order valence-electron chi connectivity index (χ1n) is 7.25. The number of carbonyl (C=O) groups excluding carboxylic acids is 1. The minimum absolute atomic E-state index is 0.117. The Morgan fingerprint density at radius 2 is 2.20 bits per heavy atom. The van der Waals surface area contributed by atoms with E-state index in [0.717, 1.165) is 50.3 Å². The zero-order valence-corrected chi connectivity index (χ0v) is 12.1. The third-order valence-corrected chi connectivity index (χ3v) is 3.64. The molecule has 1 fully saturated rings. The van der Waals surface area contributed by atoms with E-state index in [4.69, 9.17) is 9.47 Å². The summed E-state index contributed by atoms with van der Waals surface area (Å²) in [5.74, 6) is 1.44. The van der Waals surface area contributed by atoms with Gasteiger partial charge >= 0.3 is 0 Å². The number of ether oxygens (including phenoxy) is 2. The van der Waals surface area contributed by atoms with Crippen LogP contribution < -0.4 is 10.1 Å². The summed E-state index contributed by atoms with van der Waals surface area (Å²) in [6.07, 6.45) is 3.54. The number of aryl methyl sites for hydroxylation is 1. The molecule has 1 aliphatic heterocycles. The van der Waals surface area contributed by atoms with Crippen LogP contribution in [0.1, 0.15) is 24.8 Å². The fraction of sp³-hybridized carbons (Fsp3) is 0.562. The van der Waals surface area contributed by atoms with Gasteiger partial charge in [0, 0.05) is 19.6 Å². The van der Waals surface area contributed by atoms with Gasteiger partial charge in [0.25, 0.3) is 0 Å². The number of nitrogens with one attached hydrogen (secondary N) is 1. The fourth-order valence-corrected chi connectivity index (χ4v) is 2.37. The Bertz CT molecular complexity index is 410. The zero-order chi connectivity index (χ0) is 14.2. The molecule has 1 heterocycles. The van der Waals surface area contributed by atoms with Gasteiger partial charge in [-0.25, -0.2) is 0 Å². The van der Waals surface area contributed by atoms with Crippen molar-refractivity contribution in [3.63, 3.8) is 0 Å². The summed E-state index contributed by atoms with van der Waals surface area (Å²) >= 11 is 0. The van der Waals surface area contributed by atoms with Crippen LogP contribution in [0.2, 0.25) is 0 Å². The fourth-order valence-electron chi connectivity index (χ4n) is 2.37. The topological polar surface area (TPSA) is 47.6 Å². The van der Waals surface area contributed by atoms with Crippen LogP contribution in [0.25, 0.3) is 0 Å². The van der Waals surface area contributed by atoms with Crippen molar-refractivity contribution in [2.24, 2.45) is 5.92 Å². The smallest absolute Gasteiger partial charge is 0.220 e. The van der Waals surface area contributed by atoms with E-state index in [1.807, 2.05) is 24.3 Å². The Labute approximate surface area is 120 Å². The molecule has 1 N–H and O–H groups in total. The molecular formula is C16H23NO3. The van der Waals surface area contributed by atoms with E-state index in [-0.39, 0.29) is 5.91 Å². The van der Waals surface area contributed by atoms with Crippen molar-refractivity contribution in [3.8, 4) is 5.75 Å². The lowest BCUT2D eigenvalue weighted by atomic mass is 10.0. The molecule has 2 rings (SSSR count). The number of benzene rings is 1. The molecule has 1 atom stereocenters. The Kier molecular flexibility index (Phi) is 5.87. The van der Waals surface area contributed by atoms with Crippen LogP contribution in [-0.4, -0.2) is 32.8 Å². The second-order valence-electron chi connectivity index (χ2n) is 5.24. The van der Waals surface area contributed by atoms with Gasteiger partial charge in [-0.2, -0.15) is 0 Å². The molecule has 4 heteroatoms. The van der Waals surface area contributed by atoms with Gasteiger partial charge in [0.2, 0.25) is 5.91 Å². The molecule has 110 valence electrons. The van der Waals surface area contributed by atoms with Crippen molar-refractivity contribution >= 4 is 5.91 Å². The number of rotatable bonds is 6. The summed E-state index contributed by atoms with van der Waals surface area (Å²) in [5, 5.41) is 3.00.